The first-order valence-corrected chi connectivity index (χ1v) is 13.0. The quantitative estimate of drug-likeness (QED) is 0.329. The van der Waals surface area contributed by atoms with Gasteiger partial charge in [0.2, 0.25) is 0 Å². The lowest BCUT2D eigenvalue weighted by Gasteiger charge is -2.39. The molecule has 3 heterocycles. The summed E-state index contributed by atoms with van der Waals surface area (Å²) in [4.78, 5) is 21.1. The van der Waals surface area contributed by atoms with Crippen LogP contribution in [0.4, 0.5) is 8.78 Å². The van der Waals surface area contributed by atoms with Crippen molar-refractivity contribution < 1.29 is 13.9 Å². The molecule has 4 aromatic rings. The maximum Gasteiger partial charge on any atom is 0.350 e. The van der Waals surface area contributed by atoms with Crippen molar-refractivity contribution in [1.29, 1.82) is 0 Å². The zero-order chi connectivity index (χ0) is 27.4. The molecule has 2 aromatic heterocycles. The lowest BCUT2D eigenvalue weighted by Crippen LogP contribution is -2.52. The molecule has 1 N–H and O–H groups in total. The molecule has 1 atom stereocenters. The molecule has 1 fully saturated rings. The van der Waals surface area contributed by atoms with Gasteiger partial charge in [-0.2, -0.15) is 10.2 Å². The number of aromatic nitrogens is 6. The predicted molar refractivity (Wildman–Crippen MR) is 140 cm³/mol. The van der Waals surface area contributed by atoms with Crippen LogP contribution in [0.1, 0.15) is 17.5 Å². The Balaban J connectivity index is 1.16. The molecule has 2 aromatic carbocycles. The van der Waals surface area contributed by atoms with Crippen LogP contribution in [-0.4, -0.2) is 83.3 Å². The van der Waals surface area contributed by atoms with Crippen LogP contribution in [0.5, 0.6) is 0 Å². The SMILES string of the molecule is Cc1cccc(-n2cnn(CCCN3CCN(CC(O)(Cn4cncn4)c4ccc(F)cc4F)CC3)c2=O)c1. The van der Waals surface area contributed by atoms with Crippen molar-refractivity contribution in [3.05, 3.63) is 94.7 Å². The van der Waals surface area contributed by atoms with Crippen LogP contribution in [-0.2, 0) is 18.7 Å². The van der Waals surface area contributed by atoms with E-state index in [0.717, 1.165) is 49.4 Å². The lowest BCUT2D eigenvalue weighted by molar-refractivity contribution is -0.0319. The van der Waals surface area contributed by atoms with Gasteiger partial charge < -0.3 is 10.0 Å². The first kappa shape index (κ1) is 26.9. The summed E-state index contributed by atoms with van der Waals surface area (Å²) in [6, 6.07) is 11.0. The fraction of sp³-hybridized carbons (Fsp3) is 0.407. The predicted octanol–water partition coefficient (Wildman–Crippen LogP) is 1.81. The molecule has 0 aliphatic carbocycles. The zero-order valence-electron chi connectivity index (χ0n) is 21.8. The maximum absolute atomic E-state index is 14.7. The molecule has 0 radical (unpaired) electrons. The van der Waals surface area contributed by atoms with Crippen LogP contribution < -0.4 is 5.69 Å². The zero-order valence-corrected chi connectivity index (χ0v) is 21.8. The first-order valence-electron chi connectivity index (χ1n) is 13.0. The van der Waals surface area contributed by atoms with E-state index >= 15 is 0 Å². The third-order valence-electron chi connectivity index (χ3n) is 7.13. The Bertz CT molecular complexity index is 1450. The average molecular weight is 539 g/mol. The van der Waals surface area contributed by atoms with E-state index in [1.54, 1.807) is 10.9 Å². The van der Waals surface area contributed by atoms with Crippen LogP contribution >= 0.6 is 0 Å². The van der Waals surface area contributed by atoms with Crippen LogP contribution in [0, 0.1) is 18.6 Å². The molecule has 12 heteroatoms. The highest BCUT2D eigenvalue weighted by atomic mass is 19.1. The standard InChI is InChI=1S/C27H32F2N8O2/c1-21-4-2-5-23(14-21)36-20-32-37(26(36)38)9-3-8-33-10-12-34(13-11-33)16-27(39,17-35-19-30-18-31-35)24-7-6-22(28)15-25(24)29/h2,4-7,14-15,18-20,39H,3,8-13,16-17H2,1H3. The van der Waals surface area contributed by atoms with E-state index in [1.807, 2.05) is 31.2 Å². The summed E-state index contributed by atoms with van der Waals surface area (Å²) in [5.74, 6) is -1.49. The molecular weight excluding hydrogens is 506 g/mol. The fourth-order valence-electron chi connectivity index (χ4n) is 5.10. The first-order chi connectivity index (χ1) is 18.8. The van der Waals surface area contributed by atoms with Gasteiger partial charge in [0.15, 0.2) is 0 Å². The highest BCUT2D eigenvalue weighted by molar-refractivity contribution is 5.34. The number of aryl methyl sites for hydroxylation is 2. The molecule has 0 spiro atoms. The monoisotopic (exact) mass is 538 g/mol. The minimum Gasteiger partial charge on any atom is -0.382 e. The Morgan fingerprint density at radius 3 is 2.46 bits per heavy atom. The number of hydrogen-bond donors (Lipinski definition) is 1. The Kier molecular flexibility index (Phi) is 7.96. The van der Waals surface area contributed by atoms with Crippen LogP contribution in [0.3, 0.4) is 0 Å². The molecule has 0 amide bonds. The molecule has 1 aliphatic heterocycles. The van der Waals surface area contributed by atoms with Crippen LogP contribution in [0.25, 0.3) is 5.69 Å². The fourth-order valence-corrected chi connectivity index (χ4v) is 5.10. The van der Waals surface area contributed by atoms with Crippen molar-refractivity contribution in [1.82, 2.24) is 38.9 Å². The normalized spacial score (nSPS) is 16.4. The van der Waals surface area contributed by atoms with Gasteiger partial charge in [-0.05, 0) is 37.1 Å². The molecular formula is C27H32F2N8O2. The molecule has 5 rings (SSSR count). The number of nitrogens with zero attached hydrogens (tertiary/aromatic N) is 8. The van der Waals surface area contributed by atoms with E-state index in [-0.39, 0.29) is 24.3 Å². The molecule has 0 saturated carbocycles. The van der Waals surface area contributed by atoms with Gasteiger partial charge in [0, 0.05) is 57.4 Å². The van der Waals surface area contributed by atoms with Gasteiger partial charge in [-0.1, -0.05) is 18.2 Å². The van der Waals surface area contributed by atoms with Gasteiger partial charge in [0.1, 0.15) is 36.2 Å². The number of aliphatic hydroxyl groups is 1. The third kappa shape index (κ3) is 6.29. The molecule has 1 saturated heterocycles. The topological polar surface area (TPSA) is 97.2 Å². The second-order valence-corrected chi connectivity index (χ2v) is 10.1. The van der Waals surface area contributed by atoms with Crippen molar-refractivity contribution in [2.24, 2.45) is 0 Å². The van der Waals surface area contributed by atoms with Crippen molar-refractivity contribution >= 4 is 0 Å². The minimum atomic E-state index is -1.62. The largest absolute Gasteiger partial charge is 0.382 e. The van der Waals surface area contributed by atoms with Crippen molar-refractivity contribution in [2.45, 2.75) is 32.0 Å². The van der Waals surface area contributed by atoms with Gasteiger partial charge in [-0.25, -0.2) is 32.5 Å². The number of hydrogen-bond acceptors (Lipinski definition) is 7. The maximum atomic E-state index is 14.7. The van der Waals surface area contributed by atoms with Crippen molar-refractivity contribution in [3.8, 4) is 5.69 Å². The minimum absolute atomic E-state index is 0.0142. The molecule has 1 unspecified atom stereocenters. The summed E-state index contributed by atoms with van der Waals surface area (Å²) in [6.07, 6.45) is 5.13. The Hall–Kier alpha value is -3.74. The summed E-state index contributed by atoms with van der Waals surface area (Å²) in [7, 11) is 0. The van der Waals surface area contributed by atoms with Crippen LogP contribution in [0.15, 0.2) is 66.2 Å². The highest BCUT2D eigenvalue weighted by Crippen LogP contribution is 2.28. The van der Waals surface area contributed by atoms with Gasteiger partial charge in [-0.3, -0.25) is 4.90 Å². The van der Waals surface area contributed by atoms with Crippen LogP contribution in [0.2, 0.25) is 0 Å². The van der Waals surface area contributed by atoms with E-state index in [9.17, 15) is 18.7 Å². The van der Waals surface area contributed by atoms with Gasteiger partial charge in [-0.15, -0.1) is 0 Å². The van der Waals surface area contributed by atoms with Gasteiger partial charge in [0.05, 0.1) is 12.2 Å². The molecule has 39 heavy (non-hydrogen) atoms. The Morgan fingerprint density at radius 1 is 0.949 bits per heavy atom. The third-order valence-corrected chi connectivity index (χ3v) is 7.13. The summed E-state index contributed by atoms with van der Waals surface area (Å²) < 4.78 is 32.7. The molecule has 0 bridgehead atoms. The van der Waals surface area contributed by atoms with E-state index in [4.69, 9.17) is 0 Å². The van der Waals surface area contributed by atoms with E-state index < -0.39 is 17.2 Å². The van der Waals surface area contributed by atoms with Gasteiger partial charge in [0.25, 0.3) is 0 Å². The Labute approximate surface area is 224 Å². The second kappa shape index (κ2) is 11.6. The number of β-amino-alcohol motifs (C(OH)–C–C–N with tert-alkyl or cyclic N) is 1. The summed E-state index contributed by atoms with van der Waals surface area (Å²) >= 11 is 0. The van der Waals surface area contributed by atoms with Crippen molar-refractivity contribution in [3.63, 3.8) is 0 Å². The molecule has 10 nitrogen and oxygen atoms in total. The summed E-state index contributed by atoms with van der Waals surface area (Å²) in [5.41, 5.74) is 0.116. The molecule has 206 valence electrons. The smallest absolute Gasteiger partial charge is 0.350 e. The Morgan fingerprint density at radius 2 is 1.74 bits per heavy atom. The number of halogens is 2. The van der Waals surface area contributed by atoms with E-state index in [2.05, 4.69) is 25.0 Å². The number of benzene rings is 2. The summed E-state index contributed by atoms with van der Waals surface area (Å²) in [6.45, 7) is 6.31. The average Bonchev–Trinajstić information content (AvgIpc) is 3.54. The molecule has 1 aliphatic rings. The van der Waals surface area contributed by atoms with Gasteiger partial charge >= 0.3 is 5.69 Å². The highest BCUT2D eigenvalue weighted by Gasteiger charge is 2.36. The lowest BCUT2D eigenvalue weighted by atomic mass is 9.92. The number of rotatable bonds is 10. The van der Waals surface area contributed by atoms with Crippen molar-refractivity contribution in [2.75, 3.05) is 39.3 Å². The number of piperazine rings is 1. The summed E-state index contributed by atoms with van der Waals surface area (Å²) in [5, 5.41) is 19.9. The van der Waals surface area contributed by atoms with E-state index in [0.29, 0.717) is 19.6 Å². The van der Waals surface area contributed by atoms with E-state index in [1.165, 1.54) is 28.1 Å². The second-order valence-electron chi connectivity index (χ2n) is 10.1.